The molecule has 8 heteroatoms. The van der Waals surface area contributed by atoms with Crippen LogP contribution >= 0.6 is 11.6 Å². The average Bonchev–Trinajstić information content (AvgIpc) is 2.92. The van der Waals surface area contributed by atoms with Gasteiger partial charge in [0.05, 0.1) is 17.5 Å². The lowest BCUT2D eigenvalue weighted by Crippen LogP contribution is -2.37. The molecule has 1 amide bonds. The maximum absolute atomic E-state index is 12.6. The summed E-state index contributed by atoms with van der Waals surface area (Å²) in [6, 6.07) is 2.69. The first kappa shape index (κ1) is 16.2. The van der Waals surface area contributed by atoms with Crippen LogP contribution in [-0.4, -0.2) is 45.5 Å². The average molecular weight is 333 g/mol. The van der Waals surface area contributed by atoms with Gasteiger partial charge in [-0.05, 0) is 31.0 Å². The van der Waals surface area contributed by atoms with Gasteiger partial charge in [-0.15, -0.1) is 0 Å². The van der Waals surface area contributed by atoms with Gasteiger partial charge in [0.1, 0.15) is 0 Å². The number of primary sulfonamides is 1. The lowest BCUT2D eigenvalue weighted by atomic mass is 10.1. The van der Waals surface area contributed by atoms with Crippen molar-refractivity contribution in [2.45, 2.75) is 24.3 Å². The molecule has 6 nitrogen and oxygen atoms in total. The predicted octanol–water partition coefficient (Wildman–Crippen LogP) is 1.16. The lowest BCUT2D eigenvalue weighted by molar-refractivity contribution is 0.0710. The number of amides is 1. The number of halogens is 1. The van der Waals surface area contributed by atoms with Gasteiger partial charge in [-0.25, -0.2) is 13.6 Å². The zero-order chi connectivity index (χ0) is 15.8. The third-order valence-corrected chi connectivity index (χ3v) is 4.89. The van der Waals surface area contributed by atoms with Crippen molar-refractivity contribution in [3.8, 4) is 0 Å². The Morgan fingerprint density at radius 2 is 2.14 bits per heavy atom. The van der Waals surface area contributed by atoms with Crippen molar-refractivity contribution in [2.75, 3.05) is 20.3 Å². The number of ether oxygens (including phenoxy) is 1. The van der Waals surface area contributed by atoms with E-state index in [0.717, 1.165) is 6.42 Å². The minimum absolute atomic E-state index is 0.0196. The zero-order valence-electron chi connectivity index (χ0n) is 11.8. The number of hydrogen-bond acceptors (Lipinski definition) is 4. The Morgan fingerprint density at radius 3 is 2.67 bits per heavy atom. The molecule has 1 atom stereocenters. The van der Waals surface area contributed by atoms with E-state index in [-0.39, 0.29) is 27.4 Å². The summed E-state index contributed by atoms with van der Waals surface area (Å²) in [5.41, 5.74) is 0.540. The Labute approximate surface area is 128 Å². The largest absolute Gasteiger partial charge is 0.379 e. The Morgan fingerprint density at radius 1 is 1.48 bits per heavy atom. The molecule has 1 aliphatic rings. The zero-order valence-corrected chi connectivity index (χ0v) is 13.4. The molecule has 0 spiro atoms. The predicted molar refractivity (Wildman–Crippen MR) is 78.9 cm³/mol. The monoisotopic (exact) mass is 332 g/mol. The number of rotatable bonds is 3. The summed E-state index contributed by atoms with van der Waals surface area (Å²) in [6.45, 7) is 2.63. The topological polar surface area (TPSA) is 89.7 Å². The summed E-state index contributed by atoms with van der Waals surface area (Å²) in [6.07, 6.45) is 0.754. The van der Waals surface area contributed by atoms with Gasteiger partial charge in [-0.3, -0.25) is 4.79 Å². The van der Waals surface area contributed by atoms with Gasteiger partial charge in [0.2, 0.25) is 10.0 Å². The fraction of sp³-hybridized carbons (Fsp3) is 0.462. The molecule has 0 radical (unpaired) electrons. The highest BCUT2D eigenvalue weighted by Crippen LogP contribution is 2.25. The highest BCUT2D eigenvalue weighted by Gasteiger charge is 2.27. The number of nitrogens with two attached hydrogens (primary N) is 1. The van der Waals surface area contributed by atoms with E-state index in [1.807, 2.05) is 0 Å². The fourth-order valence-electron chi connectivity index (χ4n) is 2.36. The molecule has 1 aliphatic heterocycles. The van der Waals surface area contributed by atoms with Crippen molar-refractivity contribution in [2.24, 2.45) is 5.14 Å². The molecule has 2 rings (SSSR count). The van der Waals surface area contributed by atoms with Gasteiger partial charge < -0.3 is 9.64 Å². The lowest BCUT2D eigenvalue weighted by Gasteiger charge is -2.24. The Balaban J connectivity index is 2.44. The van der Waals surface area contributed by atoms with Crippen LogP contribution in [0.15, 0.2) is 17.0 Å². The van der Waals surface area contributed by atoms with E-state index in [2.05, 4.69) is 0 Å². The maximum Gasteiger partial charge on any atom is 0.254 e. The van der Waals surface area contributed by atoms with Crippen LogP contribution < -0.4 is 5.14 Å². The van der Waals surface area contributed by atoms with Gasteiger partial charge in [-0.2, -0.15) is 0 Å². The van der Waals surface area contributed by atoms with Gasteiger partial charge in [0.15, 0.2) is 0 Å². The van der Waals surface area contributed by atoms with Crippen LogP contribution in [-0.2, 0) is 14.8 Å². The summed E-state index contributed by atoms with van der Waals surface area (Å²) >= 11 is 5.92. The summed E-state index contributed by atoms with van der Waals surface area (Å²) in [5, 5.41) is 5.32. The number of likely N-dealkylation sites (N-methyl/N-ethyl adjacent to an activating group) is 1. The van der Waals surface area contributed by atoms with E-state index < -0.39 is 10.0 Å². The SMILES string of the molecule is Cc1c(C(=O)N(C)C2CCOC2)cc(Cl)cc1S(N)(=O)=O. The Kier molecular flexibility index (Phi) is 4.57. The second kappa shape index (κ2) is 5.92. The minimum Gasteiger partial charge on any atom is -0.379 e. The molecule has 0 aliphatic carbocycles. The van der Waals surface area contributed by atoms with Crippen molar-refractivity contribution in [1.29, 1.82) is 0 Å². The van der Waals surface area contributed by atoms with Crippen LogP contribution in [0.2, 0.25) is 5.02 Å². The normalized spacial score (nSPS) is 18.8. The minimum atomic E-state index is -3.94. The number of carbonyl (C=O) groups excluding carboxylic acids is 1. The Hall–Kier alpha value is -1.15. The second-order valence-electron chi connectivity index (χ2n) is 5.05. The van der Waals surface area contributed by atoms with Gasteiger partial charge in [0.25, 0.3) is 5.91 Å². The standard InChI is InChI=1S/C13H17ClN2O4S/c1-8-11(5-9(14)6-12(8)21(15,18)19)13(17)16(2)10-3-4-20-7-10/h5-6,10H,3-4,7H2,1-2H3,(H2,15,18,19). The number of benzene rings is 1. The van der Waals surface area contributed by atoms with E-state index in [4.69, 9.17) is 21.5 Å². The number of sulfonamides is 1. The van der Waals surface area contributed by atoms with E-state index in [0.29, 0.717) is 18.8 Å². The van der Waals surface area contributed by atoms with Crippen LogP contribution in [0.25, 0.3) is 0 Å². The van der Waals surface area contributed by atoms with E-state index >= 15 is 0 Å². The highest BCUT2D eigenvalue weighted by molar-refractivity contribution is 7.89. The van der Waals surface area contributed by atoms with Crippen LogP contribution in [0.4, 0.5) is 0 Å². The summed E-state index contributed by atoms with van der Waals surface area (Å²) in [7, 11) is -2.27. The van der Waals surface area contributed by atoms with E-state index in [1.54, 1.807) is 18.9 Å². The second-order valence-corrected chi connectivity index (χ2v) is 7.02. The summed E-state index contributed by atoms with van der Waals surface area (Å²) < 4.78 is 28.4. The van der Waals surface area contributed by atoms with E-state index in [1.165, 1.54) is 12.1 Å². The molecule has 0 saturated carbocycles. The maximum atomic E-state index is 12.6. The molecule has 21 heavy (non-hydrogen) atoms. The van der Waals surface area contributed by atoms with Crippen molar-refractivity contribution >= 4 is 27.5 Å². The van der Waals surface area contributed by atoms with Crippen LogP contribution in [0, 0.1) is 6.92 Å². The van der Waals surface area contributed by atoms with Gasteiger partial charge in [0, 0.05) is 24.2 Å². The molecule has 1 aromatic carbocycles. The number of carbonyl (C=O) groups is 1. The van der Waals surface area contributed by atoms with Crippen LogP contribution in [0.3, 0.4) is 0 Å². The molecule has 1 fully saturated rings. The third-order valence-electron chi connectivity index (χ3n) is 3.64. The summed E-state index contributed by atoms with van der Waals surface area (Å²) in [4.78, 5) is 14.0. The van der Waals surface area contributed by atoms with Crippen molar-refractivity contribution in [3.05, 3.63) is 28.3 Å². The van der Waals surface area contributed by atoms with Crippen molar-refractivity contribution < 1.29 is 17.9 Å². The molecule has 0 aromatic heterocycles. The van der Waals surface area contributed by atoms with Crippen LogP contribution in [0.1, 0.15) is 22.3 Å². The van der Waals surface area contributed by atoms with Crippen LogP contribution in [0.5, 0.6) is 0 Å². The third kappa shape index (κ3) is 3.37. The van der Waals surface area contributed by atoms with Gasteiger partial charge >= 0.3 is 0 Å². The fourth-order valence-corrected chi connectivity index (χ4v) is 3.47. The molecule has 0 bridgehead atoms. The first-order valence-electron chi connectivity index (χ1n) is 6.39. The van der Waals surface area contributed by atoms with Crippen molar-refractivity contribution in [1.82, 2.24) is 4.90 Å². The smallest absolute Gasteiger partial charge is 0.254 e. The molecule has 2 N–H and O–H groups in total. The van der Waals surface area contributed by atoms with Gasteiger partial charge in [-0.1, -0.05) is 11.6 Å². The van der Waals surface area contributed by atoms with Crippen molar-refractivity contribution in [3.63, 3.8) is 0 Å². The molecule has 1 saturated heterocycles. The van der Waals surface area contributed by atoms with E-state index in [9.17, 15) is 13.2 Å². The molecular weight excluding hydrogens is 316 g/mol. The molecule has 1 heterocycles. The molecule has 116 valence electrons. The number of hydrogen-bond donors (Lipinski definition) is 1. The first-order chi connectivity index (χ1) is 9.71. The number of nitrogens with zero attached hydrogens (tertiary/aromatic N) is 1. The molecular formula is C13H17ClN2O4S. The Bertz CT molecular complexity index is 669. The molecule has 1 aromatic rings. The molecule has 1 unspecified atom stereocenters. The highest BCUT2D eigenvalue weighted by atomic mass is 35.5. The summed E-state index contributed by atoms with van der Waals surface area (Å²) in [5.74, 6) is -0.296. The first-order valence-corrected chi connectivity index (χ1v) is 8.32. The quantitative estimate of drug-likeness (QED) is 0.899.